The number of carboxylic acid groups (broad SMARTS) is 1. The quantitative estimate of drug-likeness (QED) is 0.747. The van der Waals surface area contributed by atoms with Gasteiger partial charge < -0.3 is 14.3 Å². The summed E-state index contributed by atoms with van der Waals surface area (Å²) < 4.78 is 8.90. The van der Waals surface area contributed by atoms with Crippen molar-refractivity contribution in [3.05, 3.63) is 23.7 Å². The smallest absolute Gasteiger partial charge is 0.371 e. The molecule has 0 aliphatic carbocycles. The number of furan rings is 1. The minimum absolute atomic E-state index is 0.00694. The van der Waals surface area contributed by atoms with E-state index in [1.807, 2.05) is 0 Å². The minimum atomic E-state index is -1.02. The van der Waals surface area contributed by atoms with Crippen LogP contribution < -0.4 is 0 Å². The van der Waals surface area contributed by atoms with Gasteiger partial charge in [0.1, 0.15) is 5.76 Å². The summed E-state index contributed by atoms with van der Waals surface area (Å²) >= 11 is 0. The van der Waals surface area contributed by atoms with Gasteiger partial charge in [0.25, 0.3) is 6.47 Å². The Morgan fingerprint density at radius 1 is 1.64 bits per heavy atom. The molecule has 0 atom stereocenters. The molecule has 1 aromatic rings. The highest BCUT2D eigenvalue weighted by Gasteiger charge is 2.04. The van der Waals surface area contributed by atoms with E-state index in [1.54, 1.807) is 19.9 Å². The minimum Gasteiger partial charge on any atom is -0.475 e. The molecule has 5 heteroatoms. The van der Waals surface area contributed by atoms with Gasteiger partial charge in [-0.25, -0.2) is 4.79 Å². The Hall–Kier alpha value is -1.78. The highest BCUT2D eigenvalue weighted by Crippen LogP contribution is 2.04. The van der Waals surface area contributed by atoms with Gasteiger partial charge in [0.2, 0.25) is 5.76 Å². The van der Waals surface area contributed by atoms with Crippen molar-refractivity contribution in [1.82, 2.24) is 0 Å². The monoisotopic (exact) mass is 200 g/mol. The zero-order chi connectivity index (χ0) is 11.0. The first-order valence-corrected chi connectivity index (χ1v) is 3.96. The predicted molar refractivity (Wildman–Crippen MR) is 48.1 cm³/mol. The average molecular weight is 200 g/mol. The van der Waals surface area contributed by atoms with E-state index in [2.05, 4.69) is 4.74 Å². The predicted octanol–water partition coefficient (Wildman–Crippen LogP) is 1.47. The Bertz CT molecular complexity index is 289. The van der Waals surface area contributed by atoms with Crippen LogP contribution in [-0.4, -0.2) is 24.2 Å². The molecule has 0 spiro atoms. The van der Waals surface area contributed by atoms with Gasteiger partial charge in [0, 0.05) is 0 Å². The average Bonchev–Trinajstić information content (AvgIpc) is 2.54. The van der Waals surface area contributed by atoms with Crippen molar-refractivity contribution < 1.29 is 23.8 Å². The molecule has 1 N–H and O–H groups in total. The molecule has 0 aliphatic heterocycles. The fraction of sp³-hybridized carbons (Fsp3) is 0.333. The topological polar surface area (TPSA) is 76.7 Å². The zero-order valence-corrected chi connectivity index (χ0v) is 8.02. The Labute approximate surface area is 81.3 Å². The number of carbonyl (C=O) groups excluding carboxylic acids is 1. The lowest BCUT2D eigenvalue weighted by atomic mass is 10.4. The van der Waals surface area contributed by atoms with Crippen molar-refractivity contribution in [3.63, 3.8) is 0 Å². The van der Waals surface area contributed by atoms with Gasteiger partial charge in [-0.2, -0.15) is 0 Å². The molecule has 1 rings (SSSR count). The number of aromatic carboxylic acids is 1. The first kappa shape index (κ1) is 12.2. The Balaban J connectivity index is 0.000000292. The van der Waals surface area contributed by atoms with E-state index < -0.39 is 5.97 Å². The Morgan fingerprint density at radius 3 is 2.43 bits per heavy atom. The highest BCUT2D eigenvalue weighted by molar-refractivity contribution is 5.84. The molecule has 0 saturated heterocycles. The molecule has 0 radical (unpaired) electrons. The van der Waals surface area contributed by atoms with E-state index in [0.29, 0.717) is 18.8 Å². The molecule has 1 aromatic heterocycles. The van der Waals surface area contributed by atoms with Crippen molar-refractivity contribution in [2.75, 3.05) is 6.61 Å². The second kappa shape index (κ2) is 6.71. The maximum Gasteiger partial charge on any atom is 0.371 e. The maximum atomic E-state index is 10.1. The maximum absolute atomic E-state index is 10.1. The normalized spacial score (nSPS) is 8.43. The molecule has 0 fully saturated rings. The molecule has 5 nitrogen and oxygen atoms in total. The molecule has 0 saturated carbocycles. The Morgan fingerprint density at radius 2 is 2.29 bits per heavy atom. The number of carbonyl (C=O) groups is 2. The zero-order valence-electron chi connectivity index (χ0n) is 8.02. The van der Waals surface area contributed by atoms with Crippen molar-refractivity contribution in [1.29, 1.82) is 0 Å². The molecule has 0 amide bonds. The molecular formula is C9H12O5. The second-order valence-electron chi connectivity index (χ2n) is 2.27. The van der Waals surface area contributed by atoms with Gasteiger partial charge in [-0.3, -0.25) is 4.79 Å². The number of ether oxygens (including phenoxy) is 1. The molecule has 0 unspecified atom stereocenters. The number of aryl methyl sites for hydroxylation is 1. The van der Waals surface area contributed by atoms with Gasteiger partial charge in [-0.05, 0) is 26.0 Å². The van der Waals surface area contributed by atoms with Gasteiger partial charge in [-0.1, -0.05) is 0 Å². The third-order valence-electron chi connectivity index (χ3n) is 1.19. The molecule has 78 valence electrons. The molecule has 0 aromatic carbocycles. The van der Waals surface area contributed by atoms with Crippen LogP contribution in [0.1, 0.15) is 23.2 Å². The van der Waals surface area contributed by atoms with E-state index in [0.717, 1.165) is 0 Å². The summed E-state index contributed by atoms with van der Waals surface area (Å²) in [6.07, 6.45) is 0. The van der Waals surface area contributed by atoms with Crippen LogP contribution in [0.25, 0.3) is 0 Å². The first-order chi connectivity index (χ1) is 6.61. The van der Waals surface area contributed by atoms with E-state index in [4.69, 9.17) is 9.52 Å². The van der Waals surface area contributed by atoms with E-state index in [1.165, 1.54) is 6.07 Å². The third-order valence-corrected chi connectivity index (χ3v) is 1.19. The van der Waals surface area contributed by atoms with Crippen LogP contribution in [0.15, 0.2) is 16.5 Å². The second-order valence-corrected chi connectivity index (χ2v) is 2.27. The summed E-state index contributed by atoms with van der Waals surface area (Å²) in [4.78, 5) is 19.3. The van der Waals surface area contributed by atoms with E-state index in [-0.39, 0.29) is 5.76 Å². The molecule has 1 heterocycles. The summed E-state index contributed by atoms with van der Waals surface area (Å²) in [7, 11) is 0. The lowest BCUT2D eigenvalue weighted by Gasteiger charge is -1.82. The first-order valence-electron chi connectivity index (χ1n) is 3.96. The highest BCUT2D eigenvalue weighted by atomic mass is 16.5. The summed E-state index contributed by atoms with van der Waals surface area (Å²) in [6.45, 7) is 4.37. The molecule has 0 aliphatic rings. The van der Waals surface area contributed by atoms with E-state index >= 15 is 0 Å². The summed E-state index contributed by atoms with van der Waals surface area (Å²) in [5, 5.41) is 8.30. The molecular weight excluding hydrogens is 188 g/mol. The largest absolute Gasteiger partial charge is 0.475 e. The van der Waals surface area contributed by atoms with Gasteiger partial charge in [-0.15, -0.1) is 0 Å². The number of hydrogen-bond acceptors (Lipinski definition) is 4. The van der Waals surface area contributed by atoms with Crippen LogP contribution in [0.2, 0.25) is 0 Å². The SMILES string of the molecule is CCOC=O.Cc1ccc(C(=O)O)o1. The number of hydrogen-bond donors (Lipinski definition) is 1. The van der Waals surface area contributed by atoms with Crippen molar-refractivity contribution >= 4 is 12.4 Å². The van der Waals surface area contributed by atoms with Gasteiger partial charge >= 0.3 is 5.97 Å². The lowest BCUT2D eigenvalue weighted by Crippen LogP contribution is -1.91. The fourth-order valence-electron chi connectivity index (χ4n) is 0.618. The molecule has 14 heavy (non-hydrogen) atoms. The number of carboxylic acids is 1. The van der Waals surface area contributed by atoms with Crippen LogP contribution in [-0.2, 0) is 9.53 Å². The van der Waals surface area contributed by atoms with Crippen LogP contribution >= 0.6 is 0 Å². The Kier molecular flexibility index (Phi) is 5.85. The van der Waals surface area contributed by atoms with Gasteiger partial charge in [0.05, 0.1) is 6.61 Å². The summed E-state index contributed by atoms with van der Waals surface area (Å²) in [5.41, 5.74) is 0. The molecule has 0 bridgehead atoms. The van der Waals surface area contributed by atoms with Crippen molar-refractivity contribution in [2.45, 2.75) is 13.8 Å². The van der Waals surface area contributed by atoms with Crippen LogP contribution in [0.3, 0.4) is 0 Å². The van der Waals surface area contributed by atoms with Crippen LogP contribution in [0.4, 0.5) is 0 Å². The van der Waals surface area contributed by atoms with Gasteiger partial charge in [0.15, 0.2) is 0 Å². The fourth-order valence-corrected chi connectivity index (χ4v) is 0.618. The van der Waals surface area contributed by atoms with Crippen LogP contribution in [0, 0.1) is 6.92 Å². The lowest BCUT2D eigenvalue weighted by molar-refractivity contribution is -0.128. The number of rotatable bonds is 3. The van der Waals surface area contributed by atoms with Crippen molar-refractivity contribution in [3.8, 4) is 0 Å². The van der Waals surface area contributed by atoms with E-state index in [9.17, 15) is 9.59 Å². The third kappa shape index (κ3) is 4.97. The van der Waals surface area contributed by atoms with Crippen LogP contribution in [0.5, 0.6) is 0 Å². The standard InChI is InChI=1S/C6H6O3.C3H6O2/c1-4-2-3-5(9-4)6(7)8;1-2-5-3-4/h2-3H,1H3,(H,7,8);3H,2H2,1H3. The summed E-state index contributed by atoms with van der Waals surface area (Å²) in [6, 6.07) is 3.04. The summed E-state index contributed by atoms with van der Waals surface area (Å²) in [5.74, 6) is -0.414. The van der Waals surface area contributed by atoms with Crippen molar-refractivity contribution in [2.24, 2.45) is 0 Å².